The van der Waals surface area contributed by atoms with E-state index >= 15 is 0 Å². The Morgan fingerprint density at radius 3 is 2.67 bits per heavy atom. The topological polar surface area (TPSA) is 84.2 Å². The smallest absolute Gasteiger partial charge is 0.251 e. The van der Waals surface area contributed by atoms with Crippen LogP contribution in [0.1, 0.15) is 42.1 Å². The van der Waals surface area contributed by atoms with Gasteiger partial charge < -0.3 is 16.4 Å². The number of anilines is 1. The van der Waals surface area contributed by atoms with E-state index in [1.54, 1.807) is 19.2 Å². The number of rotatable bonds is 3. The first-order chi connectivity index (χ1) is 9.90. The average molecular weight is 289 g/mol. The molecule has 0 heterocycles. The van der Waals surface area contributed by atoms with Crippen molar-refractivity contribution in [1.29, 1.82) is 0 Å². The van der Waals surface area contributed by atoms with Gasteiger partial charge in [0.2, 0.25) is 5.91 Å². The van der Waals surface area contributed by atoms with Gasteiger partial charge in [0.15, 0.2) is 0 Å². The minimum absolute atomic E-state index is 0.0651. The van der Waals surface area contributed by atoms with Gasteiger partial charge in [-0.25, -0.2) is 0 Å². The molecule has 1 fully saturated rings. The van der Waals surface area contributed by atoms with Crippen LogP contribution in [0.15, 0.2) is 18.2 Å². The molecule has 1 aromatic rings. The summed E-state index contributed by atoms with van der Waals surface area (Å²) in [6, 6.07) is 5.21. The van der Waals surface area contributed by atoms with Crippen LogP contribution in [0.4, 0.5) is 5.69 Å². The fourth-order valence-corrected chi connectivity index (χ4v) is 2.89. The van der Waals surface area contributed by atoms with Gasteiger partial charge in [-0.1, -0.05) is 12.5 Å². The third kappa shape index (κ3) is 2.78. The Morgan fingerprint density at radius 1 is 1.38 bits per heavy atom. The Bertz CT molecular complexity index is 571. The molecular formula is C16H23N3O2. The summed E-state index contributed by atoms with van der Waals surface area (Å²) in [6.45, 7) is 3.75. The molecule has 4 N–H and O–H groups in total. The third-order valence-electron chi connectivity index (χ3n) is 4.60. The van der Waals surface area contributed by atoms with Gasteiger partial charge in [0, 0.05) is 24.3 Å². The normalized spacial score (nSPS) is 24.7. The average Bonchev–Trinajstić information content (AvgIpc) is 2.81. The van der Waals surface area contributed by atoms with Crippen molar-refractivity contribution in [3.05, 3.63) is 29.3 Å². The van der Waals surface area contributed by atoms with Gasteiger partial charge in [-0.15, -0.1) is 0 Å². The molecule has 0 radical (unpaired) electrons. The molecule has 2 rings (SSSR count). The van der Waals surface area contributed by atoms with E-state index in [1.807, 2.05) is 19.9 Å². The van der Waals surface area contributed by atoms with Crippen molar-refractivity contribution in [3.8, 4) is 0 Å². The van der Waals surface area contributed by atoms with Gasteiger partial charge >= 0.3 is 0 Å². The number of carbonyl (C=O) groups is 2. The lowest BCUT2D eigenvalue weighted by Gasteiger charge is -2.28. The van der Waals surface area contributed by atoms with Gasteiger partial charge in [-0.05, 0) is 44.4 Å². The van der Waals surface area contributed by atoms with E-state index in [9.17, 15) is 9.59 Å². The first-order valence-corrected chi connectivity index (χ1v) is 7.29. The lowest BCUT2D eigenvalue weighted by atomic mass is 9.84. The summed E-state index contributed by atoms with van der Waals surface area (Å²) in [5.74, 6) is -0.225. The van der Waals surface area contributed by atoms with E-state index in [1.165, 1.54) is 0 Å². The maximum atomic E-state index is 12.6. The van der Waals surface area contributed by atoms with Crippen LogP contribution in [0.25, 0.3) is 0 Å². The molecule has 1 aliphatic rings. The lowest BCUT2D eigenvalue weighted by Crippen LogP contribution is -2.44. The molecule has 0 spiro atoms. The Labute approximate surface area is 125 Å². The Kier molecular flexibility index (Phi) is 4.32. The second-order valence-electron chi connectivity index (χ2n) is 5.93. The molecule has 0 saturated heterocycles. The van der Waals surface area contributed by atoms with Crippen LogP contribution >= 0.6 is 0 Å². The molecule has 1 saturated carbocycles. The number of nitrogens with one attached hydrogen (secondary N) is 2. The van der Waals surface area contributed by atoms with E-state index in [0.717, 1.165) is 24.8 Å². The molecule has 0 bridgehead atoms. The van der Waals surface area contributed by atoms with E-state index < -0.39 is 5.41 Å². The fraction of sp³-hybridized carbons (Fsp3) is 0.500. The second kappa shape index (κ2) is 5.85. The van der Waals surface area contributed by atoms with Crippen molar-refractivity contribution >= 4 is 17.5 Å². The molecule has 2 unspecified atom stereocenters. The molecule has 2 amide bonds. The number of carbonyl (C=O) groups excluding carboxylic acids is 2. The van der Waals surface area contributed by atoms with Crippen molar-refractivity contribution in [2.75, 3.05) is 12.4 Å². The largest absolute Gasteiger partial charge is 0.355 e. The highest BCUT2D eigenvalue weighted by atomic mass is 16.2. The highest BCUT2D eigenvalue weighted by Gasteiger charge is 2.43. The zero-order valence-corrected chi connectivity index (χ0v) is 12.8. The summed E-state index contributed by atoms with van der Waals surface area (Å²) in [4.78, 5) is 24.4. The van der Waals surface area contributed by atoms with Gasteiger partial charge in [-0.3, -0.25) is 9.59 Å². The zero-order chi connectivity index (χ0) is 15.6. The van der Waals surface area contributed by atoms with Crippen molar-refractivity contribution in [2.24, 2.45) is 11.1 Å². The van der Waals surface area contributed by atoms with Gasteiger partial charge in [0.25, 0.3) is 5.91 Å². The molecule has 5 nitrogen and oxygen atoms in total. The molecule has 21 heavy (non-hydrogen) atoms. The SMILES string of the molecule is CNC(=O)c1cccc(NC(=O)C2(C)CCCC2N)c1C. The lowest BCUT2D eigenvalue weighted by molar-refractivity contribution is -0.125. The molecular weight excluding hydrogens is 266 g/mol. The summed E-state index contributed by atoms with van der Waals surface area (Å²) in [5.41, 5.74) is 7.55. The number of hydrogen-bond acceptors (Lipinski definition) is 3. The fourth-order valence-electron chi connectivity index (χ4n) is 2.89. The van der Waals surface area contributed by atoms with Gasteiger partial charge in [0.05, 0.1) is 5.41 Å². The van der Waals surface area contributed by atoms with Crippen LogP contribution in [-0.2, 0) is 4.79 Å². The Hall–Kier alpha value is -1.88. The summed E-state index contributed by atoms with van der Waals surface area (Å²) < 4.78 is 0. The van der Waals surface area contributed by atoms with E-state index in [4.69, 9.17) is 5.73 Å². The molecule has 1 aromatic carbocycles. The Balaban J connectivity index is 2.24. The molecule has 2 atom stereocenters. The second-order valence-corrected chi connectivity index (χ2v) is 5.93. The molecule has 1 aliphatic carbocycles. The number of nitrogens with two attached hydrogens (primary N) is 1. The highest BCUT2D eigenvalue weighted by molar-refractivity contribution is 6.00. The molecule has 114 valence electrons. The summed E-state index contributed by atoms with van der Waals surface area (Å²) in [6.07, 6.45) is 2.65. The molecule has 0 aliphatic heterocycles. The van der Waals surface area contributed by atoms with Crippen molar-refractivity contribution < 1.29 is 9.59 Å². The first-order valence-electron chi connectivity index (χ1n) is 7.29. The minimum atomic E-state index is -0.532. The van der Waals surface area contributed by atoms with Crippen LogP contribution in [0.5, 0.6) is 0 Å². The van der Waals surface area contributed by atoms with Crippen LogP contribution in [0, 0.1) is 12.3 Å². The molecule has 5 heteroatoms. The van der Waals surface area contributed by atoms with Crippen molar-refractivity contribution in [3.63, 3.8) is 0 Å². The van der Waals surface area contributed by atoms with Crippen molar-refractivity contribution in [1.82, 2.24) is 5.32 Å². The quantitative estimate of drug-likeness (QED) is 0.793. The molecule has 0 aromatic heterocycles. The standard InChI is InChI=1S/C16H23N3O2/c1-10-11(14(20)18-3)6-4-7-12(10)19-15(21)16(2)9-5-8-13(16)17/h4,6-7,13H,5,8-9,17H2,1-3H3,(H,18,20)(H,19,21). The highest BCUT2D eigenvalue weighted by Crippen LogP contribution is 2.38. The third-order valence-corrected chi connectivity index (χ3v) is 4.60. The summed E-state index contributed by atoms with van der Waals surface area (Å²) in [5, 5.41) is 5.54. The Morgan fingerprint density at radius 2 is 2.10 bits per heavy atom. The van der Waals surface area contributed by atoms with Crippen LogP contribution in [0.3, 0.4) is 0 Å². The summed E-state index contributed by atoms with van der Waals surface area (Å²) in [7, 11) is 1.59. The predicted molar refractivity (Wildman–Crippen MR) is 83.1 cm³/mol. The van der Waals surface area contributed by atoms with Crippen LogP contribution in [-0.4, -0.2) is 24.9 Å². The summed E-state index contributed by atoms with van der Waals surface area (Å²) >= 11 is 0. The predicted octanol–water partition coefficient (Wildman–Crippen LogP) is 1.81. The number of hydrogen-bond donors (Lipinski definition) is 3. The first kappa shape index (κ1) is 15.5. The van der Waals surface area contributed by atoms with E-state index in [-0.39, 0.29) is 17.9 Å². The number of amides is 2. The van der Waals surface area contributed by atoms with E-state index in [0.29, 0.717) is 11.3 Å². The van der Waals surface area contributed by atoms with Crippen LogP contribution < -0.4 is 16.4 Å². The minimum Gasteiger partial charge on any atom is -0.355 e. The maximum absolute atomic E-state index is 12.6. The maximum Gasteiger partial charge on any atom is 0.251 e. The monoisotopic (exact) mass is 289 g/mol. The van der Waals surface area contributed by atoms with Gasteiger partial charge in [-0.2, -0.15) is 0 Å². The van der Waals surface area contributed by atoms with E-state index in [2.05, 4.69) is 10.6 Å². The van der Waals surface area contributed by atoms with Crippen LogP contribution in [0.2, 0.25) is 0 Å². The number of benzene rings is 1. The zero-order valence-electron chi connectivity index (χ0n) is 12.8. The van der Waals surface area contributed by atoms with Gasteiger partial charge in [0.1, 0.15) is 0 Å². The van der Waals surface area contributed by atoms with Crippen molar-refractivity contribution in [2.45, 2.75) is 39.2 Å².